The van der Waals surface area contributed by atoms with Crippen molar-refractivity contribution in [1.29, 1.82) is 0 Å². The van der Waals surface area contributed by atoms with Crippen molar-refractivity contribution in [2.75, 3.05) is 6.61 Å². The zero-order valence-electron chi connectivity index (χ0n) is 9.83. The van der Waals surface area contributed by atoms with Crippen molar-refractivity contribution in [3.63, 3.8) is 0 Å². The molecule has 0 bridgehead atoms. The summed E-state index contributed by atoms with van der Waals surface area (Å²) in [7, 11) is 0. The lowest BCUT2D eigenvalue weighted by Gasteiger charge is -2.22. The van der Waals surface area contributed by atoms with Gasteiger partial charge in [0.1, 0.15) is 11.9 Å². The number of alkyl halides is 2. The lowest BCUT2D eigenvalue weighted by atomic mass is 10.0. The first-order valence-electron chi connectivity index (χ1n) is 5.05. The van der Waals surface area contributed by atoms with Crippen molar-refractivity contribution in [1.82, 2.24) is 0 Å². The summed E-state index contributed by atoms with van der Waals surface area (Å²) in [4.78, 5) is 11.1. The van der Waals surface area contributed by atoms with Crippen LogP contribution in [0.2, 0.25) is 0 Å². The molecule has 0 aliphatic rings. The van der Waals surface area contributed by atoms with E-state index in [0.29, 0.717) is 0 Å². The minimum Gasteiger partial charge on any atom is -0.462 e. The molecule has 0 aliphatic carbocycles. The third-order valence-corrected chi connectivity index (χ3v) is 2.64. The summed E-state index contributed by atoms with van der Waals surface area (Å²) < 4.78 is 44.8. The van der Waals surface area contributed by atoms with E-state index in [4.69, 9.17) is 5.73 Å². The molecule has 0 heterocycles. The Morgan fingerprint density at radius 3 is 2.53 bits per heavy atom. The molecule has 0 amide bonds. The van der Waals surface area contributed by atoms with Gasteiger partial charge in [0.2, 0.25) is 0 Å². The Labute approximate surface area is 122 Å². The van der Waals surface area contributed by atoms with Crippen molar-refractivity contribution >= 4 is 34.3 Å². The molecule has 0 radical (unpaired) electrons. The third kappa shape index (κ3) is 4.36. The van der Waals surface area contributed by atoms with E-state index in [-0.39, 0.29) is 29.1 Å². The second-order valence-corrected chi connectivity index (χ2v) is 4.44. The number of carbonyl (C=O) groups is 1. The van der Waals surface area contributed by atoms with Crippen LogP contribution in [0.15, 0.2) is 22.7 Å². The van der Waals surface area contributed by atoms with Crippen LogP contribution in [0.25, 0.3) is 0 Å². The summed E-state index contributed by atoms with van der Waals surface area (Å²) in [6.45, 7) is 1.21. The van der Waals surface area contributed by atoms with Crippen LogP contribution < -0.4 is 5.73 Å². The Balaban J connectivity index is 0.00000324. The van der Waals surface area contributed by atoms with E-state index < -0.39 is 23.8 Å². The van der Waals surface area contributed by atoms with Gasteiger partial charge in [0.05, 0.1) is 6.61 Å². The molecular weight excluding hydrogens is 350 g/mol. The maximum Gasteiger partial charge on any atom is 0.379 e. The molecule has 0 aromatic heterocycles. The molecule has 1 aromatic carbocycles. The first-order valence-corrected chi connectivity index (χ1v) is 5.85. The minimum absolute atomic E-state index is 0. The number of nitrogens with two attached hydrogens (primary N) is 1. The van der Waals surface area contributed by atoms with E-state index in [0.717, 1.165) is 12.1 Å². The van der Waals surface area contributed by atoms with Crippen LogP contribution in [-0.2, 0) is 9.53 Å². The minimum atomic E-state index is -3.91. The Bertz CT molecular complexity index is 439. The van der Waals surface area contributed by atoms with Crippen LogP contribution in [0.1, 0.15) is 18.5 Å². The highest BCUT2D eigenvalue weighted by atomic mass is 79.9. The first-order chi connectivity index (χ1) is 8.28. The average Bonchev–Trinajstić information content (AvgIpc) is 2.26. The molecule has 0 saturated carbocycles. The van der Waals surface area contributed by atoms with Crippen LogP contribution >= 0.6 is 28.3 Å². The van der Waals surface area contributed by atoms with Gasteiger partial charge >= 0.3 is 11.9 Å². The maximum absolute atomic E-state index is 13.6. The number of rotatable bonds is 4. The molecule has 19 heavy (non-hydrogen) atoms. The average molecular weight is 363 g/mol. The van der Waals surface area contributed by atoms with Gasteiger partial charge in [-0.05, 0) is 30.7 Å². The molecule has 1 atom stereocenters. The van der Waals surface area contributed by atoms with Gasteiger partial charge in [0, 0.05) is 4.47 Å². The van der Waals surface area contributed by atoms with Crippen molar-refractivity contribution in [2.24, 2.45) is 5.73 Å². The van der Waals surface area contributed by atoms with Gasteiger partial charge in [0.25, 0.3) is 0 Å². The fraction of sp³-hybridized carbons (Fsp3) is 0.364. The van der Waals surface area contributed by atoms with E-state index >= 15 is 0 Å². The summed E-state index contributed by atoms with van der Waals surface area (Å²) in [6.07, 6.45) is 0. The van der Waals surface area contributed by atoms with Crippen molar-refractivity contribution < 1.29 is 22.7 Å². The van der Waals surface area contributed by atoms with Crippen LogP contribution in [0.4, 0.5) is 13.2 Å². The summed E-state index contributed by atoms with van der Waals surface area (Å²) >= 11 is 2.96. The van der Waals surface area contributed by atoms with Crippen molar-refractivity contribution in [3.05, 3.63) is 34.1 Å². The lowest BCUT2D eigenvalue weighted by molar-refractivity contribution is -0.174. The van der Waals surface area contributed by atoms with Gasteiger partial charge in [-0.1, -0.05) is 15.9 Å². The number of esters is 1. The van der Waals surface area contributed by atoms with Crippen molar-refractivity contribution in [2.45, 2.75) is 18.9 Å². The van der Waals surface area contributed by atoms with Gasteiger partial charge in [0.15, 0.2) is 0 Å². The van der Waals surface area contributed by atoms with E-state index in [2.05, 4.69) is 20.7 Å². The zero-order chi connectivity index (χ0) is 13.9. The SMILES string of the molecule is CCOC(=O)C(F)(F)[C@@H](N)c1cc(F)cc(Br)c1.Cl. The molecule has 0 unspecified atom stereocenters. The Kier molecular flexibility index (Phi) is 6.82. The third-order valence-electron chi connectivity index (χ3n) is 2.18. The van der Waals surface area contributed by atoms with E-state index in [1.807, 2.05) is 0 Å². The summed E-state index contributed by atoms with van der Waals surface area (Å²) in [5, 5.41) is 0. The highest BCUT2D eigenvalue weighted by Crippen LogP contribution is 2.32. The molecule has 0 spiro atoms. The second kappa shape index (κ2) is 7.12. The Morgan fingerprint density at radius 1 is 1.47 bits per heavy atom. The number of carbonyl (C=O) groups excluding carboxylic acids is 1. The topological polar surface area (TPSA) is 52.3 Å². The van der Waals surface area contributed by atoms with Gasteiger partial charge in [-0.3, -0.25) is 0 Å². The second-order valence-electron chi connectivity index (χ2n) is 3.52. The van der Waals surface area contributed by atoms with E-state index in [1.165, 1.54) is 13.0 Å². The van der Waals surface area contributed by atoms with Gasteiger partial charge < -0.3 is 10.5 Å². The highest BCUT2D eigenvalue weighted by Gasteiger charge is 2.47. The fourth-order valence-corrected chi connectivity index (χ4v) is 1.80. The number of hydrogen-bond acceptors (Lipinski definition) is 3. The molecular formula is C11H12BrClF3NO2. The van der Waals surface area contributed by atoms with Crippen LogP contribution in [0.5, 0.6) is 0 Å². The van der Waals surface area contributed by atoms with Crippen LogP contribution in [0.3, 0.4) is 0 Å². The quantitative estimate of drug-likeness (QED) is 0.837. The predicted molar refractivity (Wildman–Crippen MR) is 69.9 cm³/mol. The monoisotopic (exact) mass is 361 g/mol. The molecule has 0 saturated heterocycles. The fourth-order valence-electron chi connectivity index (χ4n) is 1.32. The van der Waals surface area contributed by atoms with Crippen LogP contribution in [0, 0.1) is 5.82 Å². The predicted octanol–water partition coefficient (Wildman–Crippen LogP) is 3.21. The molecule has 0 aliphatic heterocycles. The molecule has 108 valence electrons. The Hall–Kier alpha value is -0.790. The first kappa shape index (κ1) is 18.2. The molecule has 3 nitrogen and oxygen atoms in total. The zero-order valence-corrected chi connectivity index (χ0v) is 12.2. The molecule has 8 heteroatoms. The Morgan fingerprint density at radius 2 is 2.05 bits per heavy atom. The lowest BCUT2D eigenvalue weighted by Crippen LogP contribution is -2.41. The largest absolute Gasteiger partial charge is 0.462 e. The molecule has 0 fully saturated rings. The van der Waals surface area contributed by atoms with Gasteiger partial charge in [-0.25, -0.2) is 9.18 Å². The number of hydrogen-bond donors (Lipinski definition) is 1. The molecule has 1 aromatic rings. The van der Waals surface area contributed by atoms with Gasteiger partial charge in [-0.15, -0.1) is 12.4 Å². The summed E-state index contributed by atoms with van der Waals surface area (Å²) in [5.41, 5.74) is 5.11. The maximum atomic E-state index is 13.6. The van der Waals surface area contributed by atoms with Crippen LogP contribution in [-0.4, -0.2) is 18.5 Å². The van der Waals surface area contributed by atoms with E-state index in [9.17, 15) is 18.0 Å². The standard InChI is InChI=1S/C11H11BrF3NO2.ClH/c1-2-18-10(17)11(14,15)9(16)6-3-7(12)5-8(13)4-6;/h3-5,9H,2,16H2,1H3;1H/t9-;/m0./s1. The van der Waals surface area contributed by atoms with Gasteiger partial charge in [-0.2, -0.15) is 8.78 Å². The number of benzene rings is 1. The molecule has 1 rings (SSSR count). The number of ether oxygens (including phenoxy) is 1. The summed E-state index contributed by atoms with van der Waals surface area (Å²) in [5.74, 6) is -6.36. The smallest absolute Gasteiger partial charge is 0.379 e. The molecule has 2 N–H and O–H groups in total. The van der Waals surface area contributed by atoms with E-state index in [1.54, 1.807) is 0 Å². The number of halogens is 5. The summed E-state index contributed by atoms with van der Waals surface area (Å²) in [6, 6.07) is 1.20. The van der Waals surface area contributed by atoms with Crippen molar-refractivity contribution in [3.8, 4) is 0 Å². The normalized spacial score (nSPS) is 12.5. The highest BCUT2D eigenvalue weighted by molar-refractivity contribution is 9.10.